The van der Waals surface area contributed by atoms with Gasteiger partial charge in [-0.3, -0.25) is 19.4 Å². The van der Waals surface area contributed by atoms with E-state index < -0.39 is 29.4 Å². The first-order valence-electron chi connectivity index (χ1n) is 9.52. The number of nitrogens with two attached hydrogens (primary N) is 1. The lowest BCUT2D eigenvalue weighted by Gasteiger charge is -2.17. The van der Waals surface area contributed by atoms with Gasteiger partial charge in [0.2, 0.25) is 5.95 Å². The molecule has 14 heteroatoms. The Morgan fingerprint density at radius 2 is 1.88 bits per heavy atom. The van der Waals surface area contributed by atoms with Crippen LogP contribution in [0.15, 0.2) is 34.1 Å². The highest BCUT2D eigenvalue weighted by atomic mass is 16.4. The quantitative estimate of drug-likeness (QED) is 0.244. The average Bonchev–Trinajstić information content (AvgIpc) is 2.75. The minimum Gasteiger partial charge on any atom is -0.481 e. The van der Waals surface area contributed by atoms with Gasteiger partial charge in [-0.2, -0.15) is 4.98 Å². The van der Waals surface area contributed by atoms with Gasteiger partial charge in [0.15, 0.2) is 11.5 Å². The zero-order valence-corrected chi connectivity index (χ0v) is 17.2. The van der Waals surface area contributed by atoms with Crippen molar-refractivity contribution in [3.63, 3.8) is 0 Å². The SMILES string of the molecule is Nc1nc2c(c(=O)[nH]1)N=C(CNc1ccc(C(=O)NC(CCC(=O)O)C(=O)O)cc1)CN2.O. The number of hydrogen-bond acceptors (Lipinski definition) is 9. The molecule has 0 saturated heterocycles. The highest BCUT2D eigenvalue weighted by Crippen LogP contribution is 2.21. The van der Waals surface area contributed by atoms with Crippen LogP contribution in [0, 0.1) is 0 Å². The number of hydrogen-bond donors (Lipinski definition) is 7. The number of amides is 1. The normalized spacial score (nSPS) is 12.8. The van der Waals surface area contributed by atoms with Crippen molar-refractivity contribution in [2.75, 3.05) is 29.5 Å². The van der Waals surface area contributed by atoms with E-state index in [4.69, 9.17) is 15.9 Å². The van der Waals surface area contributed by atoms with Crippen molar-refractivity contribution >= 4 is 46.7 Å². The topological polar surface area (TPSA) is 243 Å². The zero-order chi connectivity index (χ0) is 23.3. The van der Waals surface area contributed by atoms with Crippen LogP contribution in [0.4, 0.5) is 23.1 Å². The lowest BCUT2D eigenvalue weighted by Crippen LogP contribution is -2.41. The molecule has 2 heterocycles. The number of fused-ring (bicyclic) bond motifs is 1. The Morgan fingerprint density at radius 3 is 2.52 bits per heavy atom. The molecule has 0 bridgehead atoms. The second-order valence-electron chi connectivity index (χ2n) is 6.91. The molecular formula is C19H23N7O7. The number of carbonyl (C=O) groups is 3. The second kappa shape index (κ2) is 10.7. The summed E-state index contributed by atoms with van der Waals surface area (Å²) in [5.74, 6) is -2.77. The molecule has 0 fully saturated rings. The number of aromatic amines is 1. The summed E-state index contributed by atoms with van der Waals surface area (Å²) >= 11 is 0. The molecule has 0 radical (unpaired) electrons. The maximum absolute atomic E-state index is 12.3. The van der Waals surface area contributed by atoms with E-state index >= 15 is 0 Å². The molecule has 176 valence electrons. The van der Waals surface area contributed by atoms with Crippen LogP contribution >= 0.6 is 0 Å². The number of nitrogens with one attached hydrogen (secondary N) is 4. The molecule has 0 saturated carbocycles. The van der Waals surface area contributed by atoms with E-state index in [0.29, 0.717) is 30.3 Å². The number of nitrogen functional groups attached to an aromatic ring is 1. The molecule has 1 aliphatic rings. The number of nitrogens with zero attached hydrogens (tertiary/aromatic N) is 2. The van der Waals surface area contributed by atoms with E-state index in [1.54, 1.807) is 12.1 Å². The van der Waals surface area contributed by atoms with Crippen LogP contribution in [0.25, 0.3) is 0 Å². The van der Waals surface area contributed by atoms with Crippen molar-refractivity contribution in [2.24, 2.45) is 4.99 Å². The van der Waals surface area contributed by atoms with Crippen molar-refractivity contribution in [2.45, 2.75) is 18.9 Å². The molecule has 1 amide bonds. The van der Waals surface area contributed by atoms with E-state index in [-0.39, 0.29) is 35.5 Å². The molecule has 1 atom stereocenters. The largest absolute Gasteiger partial charge is 0.481 e. The molecule has 0 aliphatic carbocycles. The van der Waals surface area contributed by atoms with Gasteiger partial charge >= 0.3 is 11.9 Å². The Hall–Kier alpha value is -4.46. The van der Waals surface area contributed by atoms with Crippen LogP contribution in [0.1, 0.15) is 23.2 Å². The van der Waals surface area contributed by atoms with Gasteiger partial charge in [-0.25, -0.2) is 9.79 Å². The average molecular weight is 461 g/mol. The molecule has 33 heavy (non-hydrogen) atoms. The highest BCUT2D eigenvalue weighted by Gasteiger charge is 2.21. The predicted molar refractivity (Wildman–Crippen MR) is 119 cm³/mol. The number of benzene rings is 1. The highest BCUT2D eigenvalue weighted by molar-refractivity contribution is 5.98. The third kappa shape index (κ3) is 6.51. The maximum atomic E-state index is 12.3. The lowest BCUT2D eigenvalue weighted by atomic mass is 10.1. The van der Waals surface area contributed by atoms with Gasteiger partial charge in [0.25, 0.3) is 11.5 Å². The first kappa shape index (κ1) is 24.8. The fourth-order valence-electron chi connectivity index (χ4n) is 2.91. The van der Waals surface area contributed by atoms with E-state index in [0.717, 1.165) is 0 Å². The van der Waals surface area contributed by atoms with E-state index in [1.165, 1.54) is 12.1 Å². The summed E-state index contributed by atoms with van der Waals surface area (Å²) in [6.45, 7) is 0.682. The number of anilines is 3. The minimum absolute atomic E-state index is 0. The summed E-state index contributed by atoms with van der Waals surface area (Å²) in [6, 6.07) is 4.95. The van der Waals surface area contributed by atoms with Crippen LogP contribution in [-0.4, -0.2) is 68.3 Å². The number of carboxylic acid groups (broad SMARTS) is 2. The molecule has 1 aromatic carbocycles. The Bertz CT molecular complexity index is 1130. The van der Waals surface area contributed by atoms with Crippen molar-refractivity contribution in [1.29, 1.82) is 0 Å². The summed E-state index contributed by atoms with van der Waals surface area (Å²) < 4.78 is 0. The number of rotatable bonds is 9. The number of carboxylic acids is 2. The van der Waals surface area contributed by atoms with Crippen molar-refractivity contribution in [3.8, 4) is 0 Å². The number of aliphatic imine (C=N–C) groups is 1. The van der Waals surface area contributed by atoms with Gasteiger partial charge in [0, 0.05) is 17.7 Å². The summed E-state index contributed by atoms with van der Waals surface area (Å²) in [5, 5.41) is 26.2. The minimum atomic E-state index is -1.31. The van der Waals surface area contributed by atoms with Gasteiger partial charge in [-0.15, -0.1) is 0 Å². The summed E-state index contributed by atoms with van der Waals surface area (Å²) in [4.78, 5) is 56.7. The monoisotopic (exact) mass is 461 g/mol. The first-order chi connectivity index (χ1) is 15.2. The van der Waals surface area contributed by atoms with Crippen molar-refractivity contribution in [3.05, 3.63) is 40.2 Å². The Balaban J connectivity index is 0.00000385. The molecule has 3 rings (SSSR count). The van der Waals surface area contributed by atoms with Crippen LogP contribution in [0.2, 0.25) is 0 Å². The molecule has 1 unspecified atom stereocenters. The molecule has 10 N–H and O–H groups in total. The van der Waals surface area contributed by atoms with Gasteiger partial charge in [0.05, 0.1) is 18.8 Å². The van der Waals surface area contributed by atoms with Crippen LogP contribution in [-0.2, 0) is 9.59 Å². The number of carbonyl (C=O) groups excluding carboxylic acids is 1. The van der Waals surface area contributed by atoms with Crippen molar-refractivity contribution in [1.82, 2.24) is 15.3 Å². The third-order valence-electron chi connectivity index (χ3n) is 4.54. The molecule has 2 aromatic rings. The lowest BCUT2D eigenvalue weighted by molar-refractivity contribution is -0.140. The fourth-order valence-corrected chi connectivity index (χ4v) is 2.91. The number of aromatic nitrogens is 2. The van der Waals surface area contributed by atoms with Gasteiger partial charge in [-0.1, -0.05) is 0 Å². The van der Waals surface area contributed by atoms with Crippen LogP contribution in [0.5, 0.6) is 0 Å². The summed E-state index contributed by atoms with van der Waals surface area (Å²) in [7, 11) is 0. The van der Waals surface area contributed by atoms with Gasteiger partial charge in [0.1, 0.15) is 6.04 Å². The number of aliphatic carboxylic acids is 2. The summed E-state index contributed by atoms with van der Waals surface area (Å²) in [5.41, 5.74) is 6.74. The van der Waals surface area contributed by atoms with Gasteiger partial charge < -0.3 is 37.4 Å². The van der Waals surface area contributed by atoms with Crippen LogP contribution < -0.4 is 27.2 Å². The van der Waals surface area contributed by atoms with E-state index in [1.807, 2.05) is 0 Å². The Labute approximate surface area is 186 Å². The smallest absolute Gasteiger partial charge is 0.326 e. The second-order valence-corrected chi connectivity index (χ2v) is 6.91. The maximum Gasteiger partial charge on any atom is 0.326 e. The molecule has 14 nitrogen and oxygen atoms in total. The Morgan fingerprint density at radius 1 is 1.18 bits per heavy atom. The molecule has 1 aromatic heterocycles. The van der Waals surface area contributed by atoms with Crippen molar-refractivity contribution < 1.29 is 30.1 Å². The number of H-pyrrole nitrogens is 1. The first-order valence-corrected chi connectivity index (χ1v) is 9.52. The standard InChI is InChI=1S/C19H21N7O6.H2O/c20-19-25-15-14(17(30)26-19)23-11(8-22-15)7-21-10-3-1-9(2-4-10)16(29)24-12(18(31)32)5-6-13(27)28;/h1-4,12,21H,5-8H2,(H,24,29)(H,27,28)(H,31,32)(H4,20,22,25,26,30);1H2. The van der Waals surface area contributed by atoms with Gasteiger partial charge in [-0.05, 0) is 30.7 Å². The zero-order valence-electron chi connectivity index (χ0n) is 17.2. The third-order valence-corrected chi connectivity index (χ3v) is 4.54. The predicted octanol–water partition coefficient (Wildman–Crippen LogP) is -0.815. The molecular weight excluding hydrogens is 438 g/mol. The fraction of sp³-hybridized carbons (Fsp3) is 0.263. The molecule has 0 spiro atoms. The van der Waals surface area contributed by atoms with Crippen LogP contribution in [0.3, 0.4) is 0 Å². The molecule has 1 aliphatic heterocycles. The van der Waals surface area contributed by atoms with E-state index in [2.05, 4.69) is 30.9 Å². The summed E-state index contributed by atoms with van der Waals surface area (Å²) in [6.07, 6.45) is -0.598. The van der Waals surface area contributed by atoms with E-state index in [9.17, 15) is 19.2 Å². The Kier molecular flexibility index (Phi) is 8.06.